The number of hydrogen-bond donors (Lipinski definition) is 1. The van der Waals surface area contributed by atoms with Crippen molar-refractivity contribution in [3.63, 3.8) is 0 Å². The molecule has 0 aliphatic heterocycles. The lowest BCUT2D eigenvalue weighted by Crippen LogP contribution is -2.39. The van der Waals surface area contributed by atoms with Crippen molar-refractivity contribution in [3.8, 4) is 11.6 Å². The van der Waals surface area contributed by atoms with Gasteiger partial charge in [-0.3, -0.25) is 4.79 Å². The number of anilines is 2. The van der Waals surface area contributed by atoms with E-state index in [1.165, 1.54) is 0 Å². The minimum absolute atomic E-state index is 0.0858. The number of aromatic nitrogens is 5. The molecule has 13 heteroatoms. The van der Waals surface area contributed by atoms with Gasteiger partial charge in [-0.15, -0.1) is 0 Å². The molecule has 3 aromatic rings. The van der Waals surface area contributed by atoms with Crippen LogP contribution >= 0.6 is 0 Å². The third-order valence-corrected chi connectivity index (χ3v) is 5.64. The van der Waals surface area contributed by atoms with Gasteiger partial charge < -0.3 is 14.7 Å². The van der Waals surface area contributed by atoms with Crippen LogP contribution in [0.5, 0.6) is 0 Å². The van der Waals surface area contributed by atoms with Crippen LogP contribution in [0.25, 0.3) is 11.6 Å². The van der Waals surface area contributed by atoms with Gasteiger partial charge in [-0.2, -0.15) is 33.1 Å². The molecule has 0 saturated heterocycles. The average Bonchev–Trinajstić information content (AvgIpc) is 3.33. The molecule has 1 amide bonds. The SMILES string of the molecule is C=Nc1nc(-c2noc(C3CCC(NC(=O)CC(F)(F)F)CC3)n2)nc(N(C)c2ccccc2)n1. The van der Waals surface area contributed by atoms with Gasteiger partial charge in [0.2, 0.25) is 29.4 Å². The maximum atomic E-state index is 12.4. The van der Waals surface area contributed by atoms with Gasteiger partial charge in [0, 0.05) is 24.7 Å². The van der Waals surface area contributed by atoms with Crippen LogP contribution < -0.4 is 10.2 Å². The van der Waals surface area contributed by atoms with Crippen LogP contribution in [0, 0.1) is 0 Å². The van der Waals surface area contributed by atoms with Gasteiger partial charge in [0.15, 0.2) is 0 Å². The summed E-state index contributed by atoms with van der Waals surface area (Å²) in [6.07, 6.45) is -3.82. The lowest BCUT2D eigenvalue weighted by atomic mass is 9.86. The summed E-state index contributed by atoms with van der Waals surface area (Å²) in [6, 6.07) is 9.17. The van der Waals surface area contributed by atoms with Gasteiger partial charge in [-0.25, -0.2) is 4.99 Å². The summed E-state index contributed by atoms with van der Waals surface area (Å²) in [5.74, 6) is 0.0424. The maximum absolute atomic E-state index is 12.4. The van der Waals surface area contributed by atoms with E-state index in [-0.39, 0.29) is 29.6 Å². The molecule has 1 aromatic carbocycles. The summed E-state index contributed by atoms with van der Waals surface area (Å²) in [7, 11) is 1.80. The molecule has 0 radical (unpaired) electrons. The van der Waals surface area contributed by atoms with Crippen molar-refractivity contribution >= 4 is 30.2 Å². The second-order valence-electron chi connectivity index (χ2n) is 8.18. The lowest BCUT2D eigenvalue weighted by molar-refractivity contribution is -0.154. The lowest BCUT2D eigenvalue weighted by Gasteiger charge is -2.27. The fourth-order valence-electron chi connectivity index (χ4n) is 3.88. The normalized spacial score (nSPS) is 18.2. The quantitative estimate of drug-likeness (QED) is 0.493. The van der Waals surface area contributed by atoms with E-state index in [0.29, 0.717) is 37.5 Å². The van der Waals surface area contributed by atoms with E-state index in [1.54, 1.807) is 11.9 Å². The molecule has 4 rings (SSSR count). The molecule has 0 atom stereocenters. The molecule has 0 unspecified atom stereocenters. The number of benzene rings is 1. The van der Waals surface area contributed by atoms with Gasteiger partial charge in [-0.05, 0) is 44.5 Å². The van der Waals surface area contributed by atoms with E-state index in [0.717, 1.165) is 5.69 Å². The first kappa shape index (κ1) is 24.2. The molecular formula is C22H23F3N8O2. The van der Waals surface area contributed by atoms with Gasteiger partial charge in [0.1, 0.15) is 6.42 Å². The highest BCUT2D eigenvalue weighted by atomic mass is 19.4. The Hall–Kier alpha value is -3.90. The Morgan fingerprint density at radius 2 is 1.83 bits per heavy atom. The minimum atomic E-state index is -4.52. The van der Waals surface area contributed by atoms with Crippen molar-refractivity contribution in [2.24, 2.45) is 4.99 Å². The van der Waals surface area contributed by atoms with Crippen LogP contribution in [0.15, 0.2) is 39.8 Å². The number of aliphatic imine (C=N–C) groups is 1. The summed E-state index contributed by atoms with van der Waals surface area (Å²) in [6.45, 7) is 3.49. The third-order valence-electron chi connectivity index (χ3n) is 5.64. The number of alkyl halides is 3. The Bertz CT molecular complexity index is 1180. The number of rotatable bonds is 7. The zero-order chi connectivity index (χ0) is 25.0. The van der Waals surface area contributed by atoms with Crippen LogP contribution in [0.2, 0.25) is 0 Å². The Morgan fingerprint density at radius 3 is 2.49 bits per heavy atom. The van der Waals surface area contributed by atoms with E-state index in [4.69, 9.17) is 4.52 Å². The van der Waals surface area contributed by atoms with Crippen LogP contribution in [0.1, 0.15) is 43.9 Å². The monoisotopic (exact) mass is 488 g/mol. The van der Waals surface area contributed by atoms with Crippen molar-refractivity contribution in [1.82, 2.24) is 30.4 Å². The van der Waals surface area contributed by atoms with E-state index >= 15 is 0 Å². The fraction of sp³-hybridized carbons (Fsp3) is 0.409. The highest BCUT2D eigenvalue weighted by Gasteiger charge is 2.33. The molecule has 1 N–H and O–H groups in total. The van der Waals surface area contributed by atoms with Crippen LogP contribution in [-0.4, -0.2) is 57.0 Å². The zero-order valence-corrected chi connectivity index (χ0v) is 18.9. The molecule has 1 aliphatic rings. The predicted molar refractivity (Wildman–Crippen MR) is 121 cm³/mol. The molecule has 0 bridgehead atoms. The third kappa shape index (κ3) is 6.16. The Labute approximate surface area is 198 Å². The molecule has 10 nitrogen and oxygen atoms in total. The molecule has 1 saturated carbocycles. The van der Waals surface area contributed by atoms with Crippen molar-refractivity contribution in [3.05, 3.63) is 36.2 Å². The molecule has 1 fully saturated rings. The van der Waals surface area contributed by atoms with Gasteiger partial charge >= 0.3 is 6.18 Å². The number of hydrogen-bond acceptors (Lipinski definition) is 9. The number of nitrogens with zero attached hydrogens (tertiary/aromatic N) is 7. The van der Waals surface area contributed by atoms with Crippen LogP contribution in [-0.2, 0) is 4.79 Å². The summed E-state index contributed by atoms with van der Waals surface area (Å²) in [5.41, 5.74) is 0.854. The second kappa shape index (κ2) is 10.2. The van der Waals surface area contributed by atoms with E-state index < -0.39 is 18.5 Å². The first-order chi connectivity index (χ1) is 16.7. The van der Waals surface area contributed by atoms with Gasteiger partial charge in [-0.1, -0.05) is 23.4 Å². The molecule has 2 aromatic heterocycles. The highest BCUT2D eigenvalue weighted by molar-refractivity contribution is 5.76. The summed E-state index contributed by atoms with van der Waals surface area (Å²) in [5, 5.41) is 6.45. The molecule has 0 spiro atoms. The Balaban J connectivity index is 1.44. The summed E-state index contributed by atoms with van der Waals surface area (Å²) >= 11 is 0. The number of carbonyl (C=O) groups excluding carboxylic acids is 1. The second-order valence-corrected chi connectivity index (χ2v) is 8.18. The van der Waals surface area contributed by atoms with Gasteiger partial charge in [0.25, 0.3) is 5.95 Å². The highest BCUT2D eigenvalue weighted by Crippen LogP contribution is 2.33. The van der Waals surface area contributed by atoms with Crippen LogP contribution in [0.3, 0.4) is 0 Å². The van der Waals surface area contributed by atoms with Gasteiger partial charge in [0.05, 0.1) is 0 Å². The van der Waals surface area contributed by atoms with Crippen molar-refractivity contribution in [1.29, 1.82) is 0 Å². The number of halogens is 3. The maximum Gasteiger partial charge on any atom is 0.397 e. The van der Waals surface area contributed by atoms with Crippen molar-refractivity contribution < 1.29 is 22.5 Å². The van der Waals surface area contributed by atoms with E-state index in [1.807, 2.05) is 30.3 Å². The van der Waals surface area contributed by atoms with Crippen molar-refractivity contribution in [2.45, 2.75) is 50.2 Å². The minimum Gasteiger partial charge on any atom is -0.353 e. The predicted octanol–water partition coefficient (Wildman–Crippen LogP) is 4.12. The molecular weight excluding hydrogens is 465 g/mol. The molecule has 2 heterocycles. The number of para-hydroxylation sites is 1. The van der Waals surface area contributed by atoms with E-state index in [2.05, 4.69) is 42.1 Å². The molecule has 184 valence electrons. The fourth-order valence-corrected chi connectivity index (χ4v) is 3.88. The summed E-state index contributed by atoms with van der Waals surface area (Å²) < 4.78 is 42.6. The van der Waals surface area contributed by atoms with Crippen LogP contribution in [0.4, 0.5) is 30.8 Å². The largest absolute Gasteiger partial charge is 0.397 e. The number of carbonyl (C=O) groups is 1. The standard InChI is InChI=1S/C22H23F3N8O2/c1-26-20-29-17(30-21(31-20)33(2)15-6-4-3-5-7-15)18-28-19(35-32-18)13-8-10-14(11-9-13)27-16(34)12-22(23,24)25/h3-7,13-14H,1,8-12H2,2H3,(H,27,34). The summed E-state index contributed by atoms with van der Waals surface area (Å²) in [4.78, 5) is 34.5. The first-order valence-electron chi connectivity index (χ1n) is 10.9. The Kier molecular flexibility index (Phi) is 7.03. The topological polar surface area (TPSA) is 122 Å². The number of nitrogens with one attached hydrogen (secondary N) is 1. The Morgan fingerprint density at radius 1 is 1.11 bits per heavy atom. The van der Waals surface area contributed by atoms with Crippen molar-refractivity contribution in [2.75, 3.05) is 11.9 Å². The smallest absolute Gasteiger partial charge is 0.353 e. The zero-order valence-electron chi connectivity index (χ0n) is 18.9. The molecule has 1 aliphatic carbocycles. The molecule has 35 heavy (non-hydrogen) atoms. The first-order valence-corrected chi connectivity index (χ1v) is 10.9. The number of amides is 1. The average molecular weight is 488 g/mol. The van der Waals surface area contributed by atoms with E-state index in [9.17, 15) is 18.0 Å².